The van der Waals surface area contributed by atoms with Crippen molar-refractivity contribution in [1.29, 1.82) is 0 Å². The van der Waals surface area contributed by atoms with Gasteiger partial charge in [-0.25, -0.2) is 4.39 Å². The zero-order chi connectivity index (χ0) is 19.0. The van der Waals surface area contributed by atoms with E-state index in [1.54, 1.807) is 36.4 Å². The number of carbonyl (C=O) groups excluding carboxylic acids is 2. The molecule has 0 spiro atoms. The molecular weight excluding hydrogens is 343 g/mol. The predicted octanol–water partition coefficient (Wildman–Crippen LogP) is 4.40. The molecule has 2 aliphatic rings. The first-order chi connectivity index (χ1) is 13.0. The van der Waals surface area contributed by atoms with E-state index in [9.17, 15) is 14.0 Å². The third-order valence-electron chi connectivity index (χ3n) is 5.61. The lowest BCUT2D eigenvalue weighted by molar-refractivity contribution is -0.117. The Hall–Kier alpha value is -2.69. The van der Waals surface area contributed by atoms with Crippen molar-refractivity contribution in [2.45, 2.75) is 32.2 Å². The van der Waals surface area contributed by atoms with E-state index in [0.717, 1.165) is 24.8 Å². The molecule has 0 radical (unpaired) electrons. The second kappa shape index (κ2) is 7.14. The van der Waals surface area contributed by atoms with Gasteiger partial charge in [-0.3, -0.25) is 9.59 Å². The van der Waals surface area contributed by atoms with E-state index in [-0.39, 0.29) is 29.6 Å². The fourth-order valence-electron chi connectivity index (χ4n) is 3.83. The van der Waals surface area contributed by atoms with Crippen LogP contribution in [0.5, 0.6) is 0 Å². The lowest BCUT2D eigenvalue weighted by Crippen LogP contribution is -2.30. The number of halogens is 1. The van der Waals surface area contributed by atoms with Crippen molar-refractivity contribution in [3.05, 3.63) is 65.5 Å². The van der Waals surface area contributed by atoms with Crippen molar-refractivity contribution in [2.24, 2.45) is 11.8 Å². The van der Waals surface area contributed by atoms with Crippen molar-refractivity contribution in [1.82, 2.24) is 4.90 Å². The molecular formula is C22H23FN2O2. The molecule has 0 bridgehead atoms. The van der Waals surface area contributed by atoms with Crippen LogP contribution in [0.2, 0.25) is 0 Å². The molecule has 1 heterocycles. The molecule has 0 aromatic heterocycles. The Labute approximate surface area is 158 Å². The van der Waals surface area contributed by atoms with Crippen LogP contribution >= 0.6 is 0 Å². The van der Waals surface area contributed by atoms with Crippen LogP contribution < -0.4 is 5.32 Å². The topological polar surface area (TPSA) is 49.4 Å². The average molecular weight is 366 g/mol. The number of carbonyl (C=O) groups is 2. The molecule has 5 heteroatoms. The summed E-state index contributed by atoms with van der Waals surface area (Å²) in [7, 11) is 0. The minimum Gasteiger partial charge on any atom is -0.332 e. The molecule has 1 saturated heterocycles. The number of nitrogens with one attached hydrogen (secondary N) is 1. The van der Waals surface area contributed by atoms with Gasteiger partial charge >= 0.3 is 0 Å². The summed E-state index contributed by atoms with van der Waals surface area (Å²) in [5.41, 5.74) is 2.28. The Kier molecular flexibility index (Phi) is 4.68. The zero-order valence-corrected chi connectivity index (χ0v) is 15.3. The van der Waals surface area contributed by atoms with Gasteiger partial charge in [0.25, 0.3) is 5.91 Å². The number of nitrogens with zero attached hydrogens (tertiary/aromatic N) is 1. The largest absolute Gasteiger partial charge is 0.332 e. The summed E-state index contributed by atoms with van der Waals surface area (Å²) in [5, 5.41) is 2.91. The molecule has 1 saturated carbocycles. The minimum atomic E-state index is -0.271. The number of amides is 2. The van der Waals surface area contributed by atoms with Crippen LogP contribution in [-0.4, -0.2) is 23.3 Å². The summed E-state index contributed by atoms with van der Waals surface area (Å²) in [6, 6.07) is 13.4. The first-order valence-corrected chi connectivity index (χ1v) is 9.50. The van der Waals surface area contributed by atoms with Crippen LogP contribution in [0.15, 0.2) is 48.5 Å². The van der Waals surface area contributed by atoms with Gasteiger partial charge in [0, 0.05) is 23.7 Å². The van der Waals surface area contributed by atoms with E-state index >= 15 is 0 Å². The second-order valence-electron chi connectivity index (χ2n) is 7.59. The summed E-state index contributed by atoms with van der Waals surface area (Å²) in [6.45, 7) is 2.76. The van der Waals surface area contributed by atoms with Crippen molar-refractivity contribution in [2.75, 3.05) is 11.9 Å². The van der Waals surface area contributed by atoms with Crippen LogP contribution in [-0.2, 0) is 4.79 Å². The standard InChI is InChI=1S/C22H23FN2O2/c1-14-13-19(14)21(26)24-18-10-6-16(7-11-18)22(27)25-12-2-3-20(25)15-4-8-17(23)9-5-15/h4-11,14,19-20H,2-3,12-13H2,1H3,(H,24,26). The predicted molar refractivity (Wildman–Crippen MR) is 102 cm³/mol. The summed E-state index contributed by atoms with van der Waals surface area (Å²) in [6.07, 6.45) is 2.76. The third kappa shape index (κ3) is 3.72. The van der Waals surface area contributed by atoms with Gasteiger partial charge < -0.3 is 10.2 Å². The number of anilines is 1. The summed E-state index contributed by atoms with van der Waals surface area (Å²) in [5.74, 6) is 0.331. The third-order valence-corrected chi connectivity index (χ3v) is 5.61. The molecule has 1 aliphatic carbocycles. The Balaban J connectivity index is 1.45. The van der Waals surface area contributed by atoms with Crippen molar-refractivity contribution in [3.8, 4) is 0 Å². The van der Waals surface area contributed by atoms with Gasteiger partial charge in [0.05, 0.1) is 6.04 Å². The van der Waals surface area contributed by atoms with E-state index in [4.69, 9.17) is 0 Å². The lowest BCUT2D eigenvalue weighted by Gasteiger charge is -2.25. The fourth-order valence-corrected chi connectivity index (χ4v) is 3.83. The highest BCUT2D eigenvalue weighted by Crippen LogP contribution is 2.38. The minimum absolute atomic E-state index is 0.0196. The van der Waals surface area contributed by atoms with Gasteiger partial charge in [0.2, 0.25) is 5.91 Å². The van der Waals surface area contributed by atoms with Crippen molar-refractivity contribution in [3.63, 3.8) is 0 Å². The monoisotopic (exact) mass is 366 g/mol. The Morgan fingerprint density at radius 1 is 1.07 bits per heavy atom. The molecule has 2 aromatic rings. The number of likely N-dealkylation sites (tertiary alicyclic amines) is 1. The Morgan fingerprint density at radius 3 is 2.37 bits per heavy atom. The van der Waals surface area contributed by atoms with Gasteiger partial charge in [-0.2, -0.15) is 0 Å². The normalized spacial score (nSPS) is 23.9. The first-order valence-electron chi connectivity index (χ1n) is 9.50. The average Bonchev–Trinajstić information content (AvgIpc) is 3.21. The number of hydrogen-bond acceptors (Lipinski definition) is 2. The molecule has 3 unspecified atom stereocenters. The highest BCUT2D eigenvalue weighted by Gasteiger charge is 2.39. The first kappa shape index (κ1) is 17.7. The molecule has 2 amide bonds. The maximum Gasteiger partial charge on any atom is 0.254 e. The zero-order valence-electron chi connectivity index (χ0n) is 15.3. The van der Waals surface area contributed by atoms with E-state index in [1.807, 2.05) is 4.90 Å². The Bertz CT molecular complexity index is 848. The molecule has 2 fully saturated rings. The molecule has 2 aromatic carbocycles. The van der Waals surface area contributed by atoms with Crippen LogP contribution in [0.4, 0.5) is 10.1 Å². The molecule has 1 aliphatic heterocycles. The SMILES string of the molecule is CC1CC1C(=O)Nc1ccc(C(=O)N2CCCC2c2ccc(F)cc2)cc1. The number of hydrogen-bond donors (Lipinski definition) is 1. The van der Waals surface area contributed by atoms with Crippen LogP contribution in [0.1, 0.15) is 48.1 Å². The molecule has 4 nitrogen and oxygen atoms in total. The maximum absolute atomic E-state index is 13.2. The second-order valence-corrected chi connectivity index (χ2v) is 7.59. The quantitative estimate of drug-likeness (QED) is 0.872. The highest BCUT2D eigenvalue weighted by molar-refractivity contribution is 5.97. The molecule has 4 rings (SSSR count). The molecule has 27 heavy (non-hydrogen) atoms. The number of rotatable bonds is 4. The lowest BCUT2D eigenvalue weighted by atomic mass is 10.0. The maximum atomic E-state index is 13.2. The van der Waals surface area contributed by atoms with E-state index < -0.39 is 0 Å². The van der Waals surface area contributed by atoms with Crippen molar-refractivity contribution >= 4 is 17.5 Å². The van der Waals surface area contributed by atoms with E-state index in [1.165, 1.54) is 12.1 Å². The molecule has 3 atom stereocenters. The summed E-state index contributed by atoms with van der Waals surface area (Å²) >= 11 is 0. The van der Waals surface area contributed by atoms with Gasteiger partial charge in [0.1, 0.15) is 5.82 Å². The molecule has 1 N–H and O–H groups in total. The van der Waals surface area contributed by atoms with Gasteiger partial charge in [-0.05, 0) is 67.1 Å². The van der Waals surface area contributed by atoms with Crippen LogP contribution in [0.3, 0.4) is 0 Å². The fraction of sp³-hybridized carbons (Fsp3) is 0.364. The van der Waals surface area contributed by atoms with Crippen LogP contribution in [0, 0.1) is 17.7 Å². The Morgan fingerprint density at radius 2 is 1.74 bits per heavy atom. The summed E-state index contributed by atoms with van der Waals surface area (Å²) in [4.78, 5) is 26.8. The van der Waals surface area contributed by atoms with E-state index in [2.05, 4.69) is 12.2 Å². The van der Waals surface area contributed by atoms with Crippen molar-refractivity contribution < 1.29 is 14.0 Å². The van der Waals surface area contributed by atoms with Gasteiger partial charge in [0.15, 0.2) is 0 Å². The van der Waals surface area contributed by atoms with Crippen LogP contribution in [0.25, 0.3) is 0 Å². The highest BCUT2D eigenvalue weighted by atomic mass is 19.1. The number of benzene rings is 2. The summed E-state index contributed by atoms with van der Waals surface area (Å²) < 4.78 is 13.2. The van der Waals surface area contributed by atoms with Gasteiger partial charge in [-0.15, -0.1) is 0 Å². The molecule has 140 valence electrons. The smallest absolute Gasteiger partial charge is 0.254 e. The van der Waals surface area contributed by atoms with E-state index in [0.29, 0.717) is 23.7 Å². The van der Waals surface area contributed by atoms with Gasteiger partial charge in [-0.1, -0.05) is 19.1 Å².